The summed E-state index contributed by atoms with van der Waals surface area (Å²) >= 11 is 0. The minimum atomic E-state index is -0.667. The van der Waals surface area contributed by atoms with Crippen LogP contribution in [0.15, 0.2) is 42.6 Å². The number of aromatic nitrogens is 1. The summed E-state index contributed by atoms with van der Waals surface area (Å²) in [6.07, 6.45) is 5.30. The zero-order valence-electron chi connectivity index (χ0n) is 19.2. The molecule has 176 valence electrons. The first kappa shape index (κ1) is 22.6. The summed E-state index contributed by atoms with van der Waals surface area (Å²) in [5, 5.41) is 29.9. The van der Waals surface area contributed by atoms with E-state index in [1.807, 2.05) is 6.07 Å². The van der Waals surface area contributed by atoms with Gasteiger partial charge in [-0.15, -0.1) is 0 Å². The summed E-state index contributed by atoms with van der Waals surface area (Å²) in [7, 11) is 1.46. The number of pyridine rings is 1. The van der Waals surface area contributed by atoms with Gasteiger partial charge in [-0.25, -0.2) is 9.37 Å². The van der Waals surface area contributed by atoms with E-state index in [0.29, 0.717) is 39.4 Å². The number of halogens is 1. The van der Waals surface area contributed by atoms with Crippen LogP contribution in [0.4, 0.5) is 10.2 Å². The second-order valence-corrected chi connectivity index (χ2v) is 9.07. The lowest BCUT2D eigenvalue weighted by atomic mass is 9.90. The van der Waals surface area contributed by atoms with Gasteiger partial charge in [-0.05, 0) is 61.1 Å². The molecule has 0 aliphatic carbocycles. The maximum Gasteiger partial charge on any atom is 0.160 e. The van der Waals surface area contributed by atoms with Gasteiger partial charge in [0.2, 0.25) is 0 Å². The molecule has 2 saturated heterocycles. The van der Waals surface area contributed by atoms with Crippen LogP contribution < -0.4 is 15.4 Å². The molecule has 2 aliphatic rings. The number of hydrogen-bond donors (Lipinski definition) is 2. The minimum absolute atomic E-state index is 0.0624. The molecule has 3 heterocycles. The number of aromatic hydroxyl groups is 1. The van der Waals surface area contributed by atoms with E-state index in [0.717, 1.165) is 25.7 Å². The first-order chi connectivity index (χ1) is 16.9. The van der Waals surface area contributed by atoms with E-state index in [-0.39, 0.29) is 29.4 Å². The van der Waals surface area contributed by atoms with Gasteiger partial charge >= 0.3 is 0 Å². The van der Waals surface area contributed by atoms with Gasteiger partial charge in [-0.1, -0.05) is 12.1 Å². The van der Waals surface area contributed by atoms with E-state index in [2.05, 4.69) is 11.0 Å². The fourth-order valence-electron chi connectivity index (χ4n) is 5.51. The predicted octanol–water partition coefficient (Wildman–Crippen LogP) is 4.47. The quantitative estimate of drug-likeness (QED) is 0.578. The van der Waals surface area contributed by atoms with Crippen LogP contribution in [-0.2, 0) is 0 Å². The topological polar surface area (TPSA) is 119 Å². The minimum Gasteiger partial charge on any atom is -0.504 e. The number of phenols is 1. The molecule has 0 saturated carbocycles. The molecule has 3 atom stereocenters. The van der Waals surface area contributed by atoms with Crippen LogP contribution in [0, 0.1) is 28.5 Å². The molecule has 1 aromatic heterocycles. The number of hydrogen-bond acceptors (Lipinski definition) is 7. The smallest absolute Gasteiger partial charge is 0.160 e. The Hall–Kier alpha value is -4.14. The molecule has 3 aromatic rings. The second-order valence-electron chi connectivity index (χ2n) is 9.07. The highest BCUT2D eigenvalue weighted by Gasteiger charge is 2.41. The summed E-state index contributed by atoms with van der Waals surface area (Å²) in [5.74, 6) is 0.145. The number of anilines is 1. The summed E-state index contributed by atoms with van der Waals surface area (Å²) in [5.41, 5.74) is 8.62. The van der Waals surface area contributed by atoms with Crippen LogP contribution in [0.25, 0.3) is 22.3 Å². The number of phenolic OH excluding ortho intramolecular Hbond substituents is 1. The van der Waals surface area contributed by atoms with E-state index in [4.69, 9.17) is 15.5 Å². The molecule has 2 aromatic carbocycles. The lowest BCUT2D eigenvalue weighted by molar-refractivity contribution is 0.373. The molecule has 8 heteroatoms. The fourth-order valence-corrected chi connectivity index (χ4v) is 5.51. The SMILES string of the molecule is COc1ccc(-c2cnc(N3C4CC[C@H]3CC(N)C4)c(C#N)c2-c2ccc(C#N)c(F)c2)cc1O. The summed E-state index contributed by atoms with van der Waals surface area (Å²) in [6.45, 7) is 0. The highest BCUT2D eigenvalue weighted by Crippen LogP contribution is 2.45. The van der Waals surface area contributed by atoms with Gasteiger partial charge in [0.25, 0.3) is 0 Å². The predicted molar refractivity (Wildman–Crippen MR) is 129 cm³/mol. The Morgan fingerprint density at radius 1 is 1.09 bits per heavy atom. The third kappa shape index (κ3) is 3.82. The maximum absolute atomic E-state index is 14.7. The molecule has 0 amide bonds. The number of nitrogens with two attached hydrogens (primary N) is 1. The maximum atomic E-state index is 14.7. The second kappa shape index (κ2) is 8.90. The third-order valence-electron chi connectivity index (χ3n) is 7.05. The molecule has 2 aliphatic heterocycles. The van der Waals surface area contributed by atoms with Gasteiger partial charge < -0.3 is 20.5 Å². The van der Waals surface area contributed by atoms with Crippen molar-refractivity contribution >= 4 is 5.82 Å². The third-order valence-corrected chi connectivity index (χ3v) is 7.05. The first-order valence-electron chi connectivity index (χ1n) is 11.5. The van der Waals surface area contributed by atoms with Crippen molar-refractivity contribution in [3.63, 3.8) is 0 Å². The fraction of sp³-hybridized carbons (Fsp3) is 0.296. The van der Waals surface area contributed by atoms with Crippen molar-refractivity contribution in [2.45, 2.75) is 43.8 Å². The van der Waals surface area contributed by atoms with Gasteiger partial charge in [0.15, 0.2) is 11.5 Å². The zero-order chi connectivity index (χ0) is 24.7. The number of nitrogens with zero attached hydrogens (tertiary/aromatic N) is 4. The van der Waals surface area contributed by atoms with E-state index < -0.39 is 5.82 Å². The van der Waals surface area contributed by atoms with Gasteiger partial charge in [-0.2, -0.15) is 10.5 Å². The van der Waals surface area contributed by atoms with Crippen molar-refractivity contribution in [3.8, 4) is 45.9 Å². The van der Waals surface area contributed by atoms with Crippen LogP contribution in [0.3, 0.4) is 0 Å². The van der Waals surface area contributed by atoms with Crippen molar-refractivity contribution in [2.75, 3.05) is 12.0 Å². The van der Waals surface area contributed by atoms with Crippen LogP contribution in [0.1, 0.15) is 36.8 Å². The van der Waals surface area contributed by atoms with Crippen LogP contribution in [0.2, 0.25) is 0 Å². The first-order valence-corrected chi connectivity index (χ1v) is 11.5. The molecule has 7 nitrogen and oxygen atoms in total. The lowest BCUT2D eigenvalue weighted by Gasteiger charge is -2.39. The van der Waals surface area contributed by atoms with Gasteiger partial charge in [-0.3, -0.25) is 0 Å². The Morgan fingerprint density at radius 2 is 1.80 bits per heavy atom. The summed E-state index contributed by atoms with van der Waals surface area (Å²) in [6, 6.07) is 13.9. The Labute approximate surface area is 202 Å². The standard InChI is InChI=1S/C27H24FN5O2/c1-35-25-7-4-15(9-24(25)34)22-14-32-27(33-19-5-6-20(33)11-18(31)10-19)21(13-30)26(22)16-2-3-17(12-29)23(28)8-16/h2-4,7-9,14,18-20,34H,5-6,10-11,31H2,1H3/t18?,19-,20?/m0/s1. The van der Waals surface area contributed by atoms with Crippen LogP contribution in [0.5, 0.6) is 11.5 Å². The van der Waals surface area contributed by atoms with E-state index >= 15 is 0 Å². The largest absolute Gasteiger partial charge is 0.504 e. The number of nitriles is 2. The zero-order valence-corrected chi connectivity index (χ0v) is 19.2. The number of benzene rings is 2. The van der Waals surface area contributed by atoms with Crippen LogP contribution in [-0.4, -0.2) is 35.3 Å². The Balaban J connectivity index is 1.74. The molecule has 35 heavy (non-hydrogen) atoms. The monoisotopic (exact) mass is 469 g/mol. The van der Waals surface area contributed by atoms with E-state index in [1.54, 1.807) is 24.4 Å². The molecular formula is C27H24FN5O2. The normalized spacial score (nSPS) is 20.8. The van der Waals surface area contributed by atoms with Crippen molar-refractivity contribution < 1.29 is 14.2 Å². The highest BCUT2D eigenvalue weighted by molar-refractivity contribution is 5.90. The van der Waals surface area contributed by atoms with Crippen molar-refractivity contribution in [2.24, 2.45) is 5.73 Å². The Morgan fingerprint density at radius 3 is 2.40 bits per heavy atom. The Kier molecular flexibility index (Phi) is 5.76. The van der Waals surface area contributed by atoms with Gasteiger partial charge in [0.1, 0.15) is 29.3 Å². The van der Waals surface area contributed by atoms with Crippen molar-refractivity contribution in [3.05, 3.63) is 59.5 Å². The molecule has 5 rings (SSSR count). The summed E-state index contributed by atoms with van der Waals surface area (Å²) < 4.78 is 19.9. The molecule has 0 spiro atoms. The Bertz CT molecular complexity index is 1380. The van der Waals surface area contributed by atoms with E-state index in [1.165, 1.54) is 25.3 Å². The number of piperidine rings is 1. The number of fused-ring (bicyclic) bond motifs is 2. The van der Waals surface area contributed by atoms with Crippen LogP contribution >= 0.6 is 0 Å². The highest BCUT2D eigenvalue weighted by atomic mass is 19.1. The average Bonchev–Trinajstić information content (AvgIpc) is 3.13. The summed E-state index contributed by atoms with van der Waals surface area (Å²) in [4.78, 5) is 6.94. The molecule has 2 unspecified atom stereocenters. The van der Waals surface area contributed by atoms with E-state index in [9.17, 15) is 20.0 Å². The average molecular weight is 470 g/mol. The number of methoxy groups -OCH3 is 1. The van der Waals surface area contributed by atoms with Gasteiger partial charge in [0.05, 0.1) is 12.7 Å². The molecule has 2 bridgehead atoms. The molecule has 3 N–H and O–H groups in total. The number of ether oxygens (including phenoxy) is 1. The van der Waals surface area contributed by atoms with Crippen molar-refractivity contribution in [1.29, 1.82) is 10.5 Å². The molecule has 0 radical (unpaired) electrons. The van der Waals surface area contributed by atoms with Gasteiger partial charge in [0, 0.05) is 35.4 Å². The molecule has 2 fully saturated rings. The lowest BCUT2D eigenvalue weighted by Crippen LogP contribution is -2.48. The van der Waals surface area contributed by atoms with Crippen molar-refractivity contribution in [1.82, 2.24) is 4.98 Å². The molecular weight excluding hydrogens is 445 g/mol. The number of rotatable bonds is 4.